The van der Waals surface area contributed by atoms with E-state index in [0.29, 0.717) is 31.6 Å². The Balaban J connectivity index is 1.73. The summed E-state index contributed by atoms with van der Waals surface area (Å²) in [5, 5.41) is 2.95. The lowest BCUT2D eigenvalue weighted by molar-refractivity contribution is 0.0949. The van der Waals surface area contributed by atoms with Crippen molar-refractivity contribution in [1.29, 1.82) is 0 Å². The van der Waals surface area contributed by atoms with Crippen LogP contribution in [0.2, 0.25) is 0 Å². The highest BCUT2D eigenvalue weighted by Gasteiger charge is 2.25. The fourth-order valence-electron chi connectivity index (χ4n) is 3.01. The maximum Gasteiger partial charge on any atom is 0.319 e. The normalized spacial score (nSPS) is 13.1. The number of rotatable bonds is 3. The number of fused-ring (bicyclic) bond motifs is 1. The molecule has 1 N–H and O–H groups in total. The molecule has 0 bridgehead atoms. The van der Waals surface area contributed by atoms with Gasteiger partial charge in [-0.3, -0.25) is 9.78 Å². The van der Waals surface area contributed by atoms with Gasteiger partial charge in [0.15, 0.2) is 0 Å². The summed E-state index contributed by atoms with van der Waals surface area (Å²) in [6.45, 7) is 1.57. The first-order chi connectivity index (χ1) is 12.1. The van der Waals surface area contributed by atoms with Gasteiger partial charge in [-0.05, 0) is 23.1 Å². The van der Waals surface area contributed by atoms with E-state index in [-0.39, 0.29) is 11.9 Å². The summed E-state index contributed by atoms with van der Waals surface area (Å²) in [7, 11) is 3.48. The first-order valence-electron chi connectivity index (χ1n) is 8.30. The Hall–Kier alpha value is -2.89. The van der Waals surface area contributed by atoms with Crippen LogP contribution < -0.4 is 5.32 Å². The van der Waals surface area contributed by atoms with E-state index >= 15 is 0 Å². The Labute approximate surface area is 147 Å². The van der Waals surface area contributed by atoms with Crippen molar-refractivity contribution >= 4 is 11.9 Å². The maximum absolute atomic E-state index is 12.6. The lowest BCUT2D eigenvalue weighted by Gasteiger charge is -2.31. The molecule has 1 aromatic heterocycles. The molecule has 0 unspecified atom stereocenters. The van der Waals surface area contributed by atoms with Gasteiger partial charge >= 0.3 is 6.03 Å². The summed E-state index contributed by atoms with van der Waals surface area (Å²) >= 11 is 0. The van der Waals surface area contributed by atoms with Crippen LogP contribution in [-0.2, 0) is 19.5 Å². The largest absolute Gasteiger partial charge is 0.348 e. The van der Waals surface area contributed by atoms with Crippen LogP contribution in [0.25, 0.3) is 0 Å². The Morgan fingerprint density at radius 3 is 2.68 bits per heavy atom. The minimum absolute atomic E-state index is 0.0235. The standard InChI is InChI=1S/C19H22N4O2/c1-22(2)19(25)23-9-8-16-15(13-23)11-20-12-17(16)18(24)21-10-14-6-4-3-5-7-14/h3-7,11-12H,8-10,13H2,1-2H3,(H,21,24). The van der Waals surface area contributed by atoms with Gasteiger partial charge in [-0.15, -0.1) is 0 Å². The number of pyridine rings is 1. The molecule has 0 radical (unpaired) electrons. The van der Waals surface area contributed by atoms with Crippen molar-refractivity contribution in [2.75, 3.05) is 20.6 Å². The molecule has 25 heavy (non-hydrogen) atoms. The van der Waals surface area contributed by atoms with Gasteiger partial charge in [-0.1, -0.05) is 30.3 Å². The van der Waals surface area contributed by atoms with Crippen molar-refractivity contribution in [2.24, 2.45) is 0 Å². The minimum Gasteiger partial charge on any atom is -0.348 e. The van der Waals surface area contributed by atoms with Crippen molar-refractivity contribution in [3.8, 4) is 0 Å². The summed E-state index contributed by atoms with van der Waals surface area (Å²) < 4.78 is 0. The summed E-state index contributed by atoms with van der Waals surface area (Å²) in [5.41, 5.74) is 3.58. The Bertz CT molecular complexity index is 774. The lowest BCUT2D eigenvalue weighted by atomic mass is 9.97. The van der Waals surface area contributed by atoms with Gasteiger partial charge in [0.2, 0.25) is 0 Å². The van der Waals surface area contributed by atoms with Crippen molar-refractivity contribution in [2.45, 2.75) is 19.5 Å². The van der Waals surface area contributed by atoms with Gasteiger partial charge in [-0.25, -0.2) is 4.79 Å². The zero-order valence-corrected chi connectivity index (χ0v) is 14.5. The van der Waals surface area contributed by atoms with E-state index in [1.165, 1.54) is 0 Å². The van der Waals surface area contributed by atoms with Crippen LogP contribution in [0.4, 0.5) is 4.79 Å². The maximum atomic E-state index is 12.6. The topological polar surface area (TPSA) is 65.5 Å². The molecule has 0 saturated heterocycles. The van der Waals surface area contributed by atoms with Crippen LogP contribution in [0.5, 0.6) is 0 Å². The number of hydrogen-bond acceptors (Lipinski definition) is 3. The molecule has 3 amide bonds. The molecule has 3 rings (SSSR count). The quantitative estimate of drug-likeness (QED) is 0.931. The first kappa shape index (κ1) is 17.0. The highest BCUT2D eigenvalue weighted by atomic mass is 16.2. The number of amides is 3. The molecule has 6 nitrogen and oxygen atoms in total. The Morgan fingerprint density at radius 2 is 1.96 bits per heavy atom. The fraction of sp³-hybridized carbons (Fsp3) is 0.316. The highest BCUT2D eigenvalue weighted by Crippen LogP contribution is 2.22. The molecule has 6 heteroatoms. The van der Waals surface area contributed by atoms with E-state index in [2.05, 4.69) is 10.3 Å². The Kier molecular flexibility index (Phi) is 4.97. The monoisotopic (exact) mass is 338 g/mol. The van der Waals surface area contributed by atoms with Crippen molar-refractivity contribution in [3.05, 3.63) is 65.0 Å². The van der Waals surface area contributed by atoms with Gasteiger partial charge in [0.25, 0.3) is 5.91 Å². The molecule has 1 aliphatic rings. The van der Waals surface area contributed by atoms with Crippen molar-refractivity contribution in [3.63, 3.8) is 0 Å². The molecule has 0 aliphatic carbocycles. The average molecular weight is 338 g/mol. The van der Waals surface area contributed by atoms with E-state index in [9.17, 15) is 9.59 Å². The molecule has 2 aromatic rings. The first-order valence-corrected chi connectivity index (χ1v) is 8.30. The van der Waals surface area contributed by atoms with E-state index in [1.54, 1.807) is 36.3 Å². The second kappa shape index (κ2) is 7.34. The molecule has 2 heterocycles. The number of carbonyl (C=O) groups is 2. The second-order valence-corrected chi connectivity index (χ2v) is 6.34. The predicted molar refractivity (Wildman–Crippen MR) is 95.0 cm³/mol. The molecule has 0 spiro atoms. The molecule has 0 fully saturated rings. The van der Waals surface area contributed by atoms with Gasteiger partial charge < -0.3 is 15.1 Å². The number of benzene rings is 1. The van der Waals surface area contributed by atoms with Crippen molar-refractivity contribution < 1.29 is 9.59 Å². The minimum atomic E-state index is -0.124. The van der Waals surface area contributed by atoms with Gasteiger partial charge in [0, 0.05) is 46.1 Å². The van der Waals surface area contributed by atoms with Crippen LogP contribution in [0.1, 0.15) is 27.0 Å². The zero-order valence-electron chi connectivity index (χ0n) is 14.5. The number of nitrogens with zero attached hydrogens (tertiary/aromatic N) is 3. The SMILES string of the molecule is CN(C)C(=O)N1CCc2c(cncc2C(=O)NCc2ccccc2)C1. The summed E-state index contributed by atoms with van der Waals surface area (Å²) in [5.74, 6) is -0.124. The molecular formula is C19H22N4O2. The van der Waals surface area contributed by atoms with Crippen LogP contribution in [0.3, 0.4) is 0 Å². The predicted octanol–water partition coefficient (Wildman–Crippen LogP) is 2.05. The number of hydrogen-bond donors (Lipinski definition) is 1. The number of aromatic nitrogens is 1. The third-order valence-electron chi connectivity index (χ3n) is 4.33. The summed E-state index contributed by atoms with van der Waals surface area (Å²) in [6.07, 6.45) is 4.02. The van der Waals surface area contributed by atoms with Crippen molar-refractivity contribution in [1.82, 2.24) is 20.1 Å². The third kappa shape index (κ3) is 3.79. The average Bonchev–Trinajstić information content (AvgIpc) is 2.65. The Morgan fingerprint density at radius 1 is 1.20 bits per heavy atom. The van der Waals surface area contributed by atoms with Gasteiger partial charge in [0.05, 0.1) is 5.56 Å². The van der Waals surface area contributed by atoms with E-state index in [0.717, 1.165) is 16.7 Å². The molecule has 1 aliphatic heterocycles. The van der Waals surface area contributed by atoms with Gasteiger partial charge in [0.1, 0.15) is 0 Å². The molecule has 1 aromatic carbocycles. The van der Waals surface area contributed by atoms with Crippen LogP contribution >= 0.6 is 0 Å². The molecule has 0 atom stereocenters. The van der Waals surface area contributed by atoms with E-state index in [4.69, 9.17) is 0 Å². The van der Waals surface area contributed by atoms with Crippen LogP contribution in [0, 0.1) is 0 Å². The number of urea groups is 1. The second-order valence-electron chi connectivity index (χ2n) is 6.34. The third-order valence-corrected chi connectivity index (χ3v) is 4.33. The molecule has 0 saturated carbocycles. The molecular weight excluding hydrogens is 316 g/mol. The van der Waals surface area contributed by atoms with E-state index in [1.807, 2.05) is 30.3 Å². The van der Waals surface area contributed by atoms with Crippen LogP contribution in [0.15, 0.2) is 42.7 Å². The van der Waals surface area contributed by atoms with Crippen LogP contribution in [-0.4, -0.2) is 47.4 Å². The number of nitrogens with one attached hydrogen (secondary N) is 1. The summed E-state index contributed by atoms with van der Waals surface area (Å²) in [4.78, 5) is 32.2. The van der Waals surface area contributed by atoms with E-state index < -0.39 is 0 Å². The molecule has 130 valence electrons. The fourth-order valence-corrected chi connectivity index (χ4v) is 3.01. The lowest BCUT2D eigenvalue weighted by Crippen LogP contribution is -2.42. The summed E-state index contributed by atoms with van der Waals surface area (Å²) in [6, 6.07) is 9.77. The van der Waals surface area contributed by atoms with Gasteiger partial charge in [-0.2, -0.15) is 0 Å². The highest BCUT2D eigenvalue weighted by molar-refractivity contribution is 5.95. The zero-order chi connectivity index (χ0) is 17.8. The number of carbonyl (C=O) groups excluding carboxylic acids is 2. The smallest absolute Gasteiger partial charge is 0.319 e.